The molecule has 1 rings (SSSR count). The maximum atomic E-state index is 11.5. The Morgan fingerprint density at radius 1 is 1.33 bits per heavy atom. The molecule has 0 bridgehead atoms. The van der Waals surface area contributed by atoms with Gasteiger partial charge in [0.25, 0.3) is 0 Å². The third-order valence-corrected chi connectivity index (χ3v) is 2.07. The molecule has 0 unspecified atom stereocenters. The molecule has 0 saturated carbocycles. The molecule has 1 aromatic carbocycles. The molecule has 0 spiro atoms. The molecule has 0 atom stereocenters. The normalized spacial score (nSPS) is 9.90. The number of ether oxygens (including phenoxy) is 1. The Kier molecular flexibility index (Phi) is 6.17. The van der Waals surface area contributed by atoms with Crippen molar-refractivity contribution in [3.05, 3.63) is 29.8 Å². The van der Waals surface area contributed by atoms with Crippen LogP contribution < -0.4 is 10.8 Å². The van der Waals surface area contributed by atoms with Gasteiger partial charge in [-0.2, -0.15) is 5.26 Å². The first kappa shape index (κ1) is 16.5. The molecule has 1 aromatic rings. The fourth-order valence-corrected chi connectivity index (χ4v) is 1.36. The summed E-state index contributed by atoms with van der Waals surface area (Å²) < 4.78 is 5.14. The zero-order chi connectivity index (χ0) is 15.7. The molecule has 0 saturated heterocycles. The first-order valence-electron chi connectivity index (χ1n) is 6.19. The summed E-state index contributed by atoms with van der Waals surface area (Å²) in [5, 5.41) is 10.6. The van der Waals surface area contributed by atoms with E-state index in [0.29, 0.717) is 12.2 Å². The van der Waals surface area contributed by atoms with Gasteiger partial charge < -0.3 is 14.9 Å². The second-order valence-electron chi connectivity index (χ2n) is 5.06. The van der Waals surface area contributed by atoms with Crippen molar-refractivity contribution in [2.75, 3.05) is 5.48 Å². The first-order valence-corrected chi connectivity index (χ1v) is 6.19. The van der Waals surface area contributed by atoms with E-state index in [2.05, 4.69) is 21.8 Å². The zero-order valence-corrected chi connectivity index (χ0v) is 12.1. The highest BCUT2D eigenvalue weighted by molar-refractivity contribution is 5.67. The van der Waals surface area contributed by atoms with Gasteiger partial charge in [0.1, 0.15) is 5.60 Å². The molecule has 114 valence electrons. The minimum atomic E-state index is -0.533. The smallest absolute Gasteiger partial charge is 0.407 e. The molecule has 1 amide bonds. The molecule has 7 heteroatoms. The quantitative estimate of drug-likeness (QED) is 0.449. The third-order valence-electron chi connectivity index (χ3n) is 2.07. The molecule has 0 radical (unpaired) electrons. The van der Waals surface area contributed by atoms with Crippen molar-refractivity contribution in [1.29, 1.82) is 0 Å². The Morgan fingerprint density at radius 3 is 2.76 bits per heavy atom. The van der Waals surface area contributed by atoms with Gasteiger partial charge in [-0.05, 0) is 38.5 Å². The van der Waals surface area contributed by atoms with Crippen LogP contribution in [0.25, 0.3) is 0 Å². The average molecular weight is 294 g/mol. The number of anilines is 1. The lowest BCUT2D eigenvalue weighted by Crippen LogP contribution is -2.32. The first-order chi connectivity index (χ1) is 9.90. The highest BCUT2D eigenvalue weighted by Crippen LogP contribution is 2.11. The van der Waals surface area contributed by atoms with E-state index in [1.54, 1.807) is 39.0 Å². The van der Waals surface area contributed by atoms with Crippen molar-refractivity contribution in [2.24, 2.45) is 0 Å². The van der Waals surface area contributed by atoms with Crippen LogP contribution in [0, 0.1) is 12.2 Å². The lowest BCUT2D eigenvalue weighted by molar-refractivity contribution is -0.172. The number of alkyl carbamates (subject to hydrolysis) is 1. The summed E-state index contributed by atoms with van der Waals surface area (Å²) in [5.74, 6) is 0. The van der Waals surface area contributed by atoms with Crippen LogP contribution in [0.3, 0.4) is 0 Å². The molecular formula is C14H18N2O5. The largest absolute Gasteiger partial charge is 0.444 e. The molecule has 3 N–H and O–H groups in total. The van der Waals surface area contributed by atoms with Gasteiger partial charge in [0.15, 0.2) is 6.11 Å². The van der Waals surface area contributed by atoms with Gasteiger partial charge in [0.2, 0.25) is 6.11 Å². The van der Waals surface area contributed by atoms with Gasteiger partial charge in [-0.1, -0.05) is 12.1 Å². The Hall–Kier alpha value is -2.59. The number of hydrogen-bond acceptors (Lipinski definition) is 6. The standard InChI is InChI=1S/C14H18N2O5/c1-14(2,3)21-13(17)15-10-11-5-4-6-12(9-11)16-19-7-8-20-18/h4-6,9,16,18H,10H2,1-3H3,(H,15,17). The van der Waals surface area contributed by atoms with Gasteiger partial charge in [-0.25, -0.2) is 10.3 Å². The van der Waals surface area contributed by atoms with Crippen molar-refractivity contribution in [1.82, 2.24) is 5.32 Å². The third kappa shape index (κ3) is 7.54. The minimum Gasteiger partial charge on any atom is -0.444 e. The van der Waals surface area contributed by atoms with E-state index in [9.17, 15) is 4.79 Å². The van der Waals surface area contributed by atoms with E-state index < -0.39 is 11.7 Å². The summed E-state index contributed by atoms with van der Waals surface area (Å²) in [7, 11) is 0. The number of rotatable bonds is 4. The minimum absolute atomic E-state index is 0.315. The maximum Gasteiger partial charge on any atom is 0.407 e. The maximum absolute atomic E-state index is 11.5. The summed E-state index contributed by atoms with van der Waals surface area (Å²) in [4.78, 5) is 19.8. The predicted molar refractivity (Wildman–Crippen MR) is 75.7 cm³/mol. The Morgan fingerprint density at radius 2 is 2.10 bits per heavy atom. The van der Waals surface area contributed by atoms with Gasteiger partial charge in [-0.15, -0.1) is 0 Å². The lowest BCUT2D eigenvalue weighted by Gasteiger charge is -2.19. The number of carbonyl (C=O) groups excluding carboxylic acids is 1. The van der Waals surface area contributed by atoms with Crippen LogP contribution in [0.5, 0.6) is 0 Å². The van der Waals surface area contributed by atoms with Crippen LogP contribution in [-0.4, -0.2) is 17.0 Å². The van der Waals surface area contributed by atoms with Crippen molar-refractivity contribution in [3.8, 4) is 12.2 Å². The molecule has 0 aliphatic rings. The Bertz CT molecular complexity index is 528. The number of benzene rings is 1. The van der Waals surface area contributed by atoms with Crippen LogP contribution in [0.2, 0.25) is 0 Å². The molecule has 0 aromatic heterocycles. The molecule has 0 heterocycles. The van der Waals surface area contributed by atoms with Crippen LogP contribution in [0.1, 0.15) is 26.3 Å². The van der Waals surface area contributed by atoms with Crippen molar-refractivity contribution in [2.45, 2.75) is 32.9 Å². The van der Waals surface area contributed by atoms with Crippen LogP contribution in [0.15, 0.2) is 24.3 Å². The Balaban J connectivity index is 2.47. The van der Waals surface area contributed by atoms with E-state index in [1.807, 2.05) is 12.2 Å². The number of amides is 1. The molecule has 0 aliphatic carbocycles. The topological polar surface area (TPSA) is 89.1 Å². The lowest BCUT2D eigenvalue weighted by atomic mass is 10.2. The summed E-state index contributed by atoms with van der Waals surface area (Å²) in [6.45, 7) is 5.71. The second kappa shape index (κ2) is 7.87. The molecule has 0 aliphatic heterocycles. The predicted octanol–water partition coefficient (Wildman–Crippen LogP) is 2.46. The van der Waals surface area contributed by atoms with Crippen molar-refractivity contribution >= 4 is 11.8 Å². The molecule has 0 fully saturated rings. The SMILES string of the molecule is CC(C)(C)OC(=O)NCc1cccc(NOC#COO)c1. The van der Waals surface area contributed by atoms with Crippen LogP contribution in [0.4, 0.5) is 10.5 Å². The summed E-state index contributed by atoms with van der Waals surface area (Å²) in [6, 6.07) is 7.14. The highest BCUT2D eigenvalue weighted by atomic mass is 17.1. The molecular weight excluding hydrogens is 276 g/mol. The average Bonchev–Trinajstić information content (AvgIpc) is 2.40. The molecule has 21 heavy (non-hydrogen) atoms. The summed E-state index contributed by atoms with van der Waals surface area (Å²) in [6.07, 6.45) is 3.41. The van der Waals surface area contributed by atoms with Crippen LogP contribution >= 0.6 is 0 Å². The summed E-state index contributed by atoms with van der Waals surface area (Å²) >= 11 is 0. The number of carbonyl (C=O) groups is 1. The van der Waals surface area contributed by atoms with Crippen molar-refractivity contribution < 1.29 is 24.5 Å². The van der Waals surface area contributed by atoms with E-state index in [1.165, 1.54) is 0 Å². The number of nitrogens with one attached hydrogen (secondary N) is 2. The second-order valence-corrected chi connectivity index (χ2v) is 5.06. The molecule has 7 nitrogen and oxygen atoms in total. The fraction of sp³-hybridized carbons (Fsp3) is 0.357. The zero-order valence-electron chi connectivity index (χ0n) is 12.1. The number of hydrogen-bond donors (Lipinski definition) is 3. The van der Waals surface area contributed by atoms with E-state index in [-0.39, 0.29) is 0 Å². The van der Waals surface area contributed by atoms with Crippen LogP contribution in [-0.2, 0) is 21.0 Å². The highest BCUT2D eigenvalue weighted by Gasteiger charge is 2.15. The van der Waals surface area contributed by atoms with Gasteiger partial charge in [-0.3, -0.25) is 4.89 Å². The summed E-state index contributed by atoms with van der Waals surface area (Å²) in [5.41, 5.74) is 3.48. The van der Waals surface area contributed by atoms with Gasteiger partial charge in [0.05, 0.1) is 5.69 Å². The van der Waals surface area contributed by atoms with Gasteiger partial charge in [0, 0.05) is 6.54 Å². The Labute approximate surface area is 123 Å². The van der Waals surface area contributed by atoms with Gasteiger partial charge >= 0.3 is 6.09 Å². The van der Waals surface area contributed by atoms with E-state index in [0.717, 1.165) is 5.56 Å². The van der Waals surface area contributed by atoms with E-state index >= 15 is 0 Å². The monoisotopic (exact) mass is 294 g/mol. The van der Waals surface area contributed by atoms with E-state index in [4.69, 9.17) is 14.8 Å². The fourth-order valence-electron chi connectivity index (χ4n) is 1.36. The van der Waals surface area contributed by atoms with Crippen molar-refractivity contribution in [3.63, 3.8) is 0 Å².